The van der Waals surface area contributed by atoms with Crippen molar-refractivity contribution in [1.82, 2.24) is 20.4 Å². The summed E-state index contributed by atoms with van der Waals surface area (Å²) in [6.45, 7) is 6.58. The van der Waals surface area contributed by atoms with Crippen molar-refractivity contribution in [1.29, 1.82) is 0 Å². The van der Waals surface area contributed by atoms with Crippen LogP contribution in [0, 0.1) is 5.92 Å². The van der Waals surface area contributed by atoms with E-state index < -0.39 is 0 Å². The number of likely N-dealkylation sites (tertiary alicyclic amines) is 1. The van der Waals surface area contributed by atoms with Gasteiger partial charge in [0.2, 0.25) is 17.6 Å². The summed E-state index contributed by atoms with van der Waals surface area (Å²) in [6.07, 6.45) is 1.94. The van der Waals surface area contributed by atoms with Gasteiger partial charge in [0.05, 0.1) is 25.7 Å². The van der Waals surface area contributed by atoms with E-state index in [-0.39, 0.29) is 17.9 Å². The summed E-state index contributed by atoms with van der Waals surface area (Å²) >= 11 is 0. The SMILES string of the molecule is COc1ccc(-c2noc(CN3CCCC(C(=O)NCc4cccc(OC(C)C)c4)C3)n2)cc1. The summed E-state index contributed by atoms with van der Waals surface area (Å²) in [6, 6.07) is 15.4. The van der Waals surface area contributed by atoms with Crippen molar-refractivity contribution in [3.63, 3.8) is 0 Å². The Morgan fingerprint density at radius 3 is 2.79 bits per heavy atom. The maximum Gasteiger partial charge on any atom is 0.241 e. The molecule has 1 saturated heterocycles. The molecule has 0 spiro atoms. The van der Waals surface area contributed by atoms with Gasteiger partial charge in [0.25, 0.3) is 0 Å². The third-order valence-corrected chi connectivity index (χ3v) is 5.79. The zero-order valence-corrected chi connectivity index (χ0v) is 20.0. The Morgan fingerprint density at radius 1 is 1.21 bits per heavy atom. The number of amides is 1. The first-order valence-corrected chi connectivity index (χ1v) is 11.7. The Balaban J connectivity index is 1.29. The molecule has 2 heterocycles. The lowest BCUT2D eigenvalue weighted by Crippen LogP contribution is -2.42. The minimum Gasteiger partial charge on any atom is -0.497 e. The van der Waals surface area contributed by atoms with Crippen molar-refractivity contribution in [2.45, 2.75) is 45.9 Å². The molecular weight excluding hydrogens is 432 g/mol. The highest BCUT2D eigenvalue weighted by atomic mass is 16.5. The second-order valence-electron chi connectivity index (χ2n) is 8.85. The summed E-state index contributed by atoms with van der Waals surface area (Å²) in [5.41, 5.74) is 1.89. The van der Waals surface area contributed by atoms with Crippen LogP contribution in [0.2, 0.25) is 0 Å². The number of ether oxygens (including phenoxy) is 2. The van der Waals surface area contributed by atoms with Crippen LogP contribution >= 0.6 is 0 Å². The second kappa shape index (κ2) is 11.2. The van der Waals surface area contributed by atoms with E-state index in [9.17, 15) is 4.79 Å². The molecule has 1 amide bonds. The number of aromatic nitrogens is 2. The molecule has 1 aromatic heterocycles. The van der Waals surface area contributed by atoms with E-state index >= 15 is 0 Å². The minimum absolute atomic E-state index is 0.0622. The molecular formula is C26H32N4O4. The molecule has 180 valence electrons. The smallest absolute Gasteiger partial charge is 0.241 e. The van der Waals surface area contributed by atoms with Gasteiger partial charge in [0.1, 0.15) is 11.5 Å². The largest absolute Gasteiger partial charge is 0.497 e. The predicted octanol–water partition coefficient (Wildman–Crippen LogP) is 4.06. The summed E-state index contributed by atoms with van der Waals surface area (Å²) in [7, 11) is 1.63. The van der Waals surface area contributed by atoms with E-state index in [2.05, 4.69) is 20.4 Å². The highest BCUT2D eigenvalue weighted by Gasteiger charge is 2.27. The fraction of sp³-hybridized carbons (Fsp3) is 0.423. The van der Waals surface area contributed by atoms with Gasteiger partial charge in [0.15, 0.2) is 0 Å². The minimum atomic E-state index is -0.0622. The number of carbonyl (C=O) groups excluding carboxylic acids is 1. The van der Waals surface area contributed by atoms with Crippen molar-refractivity contribution in [2.75, 3.05) is 20.2 Å². The Hall–Kier alpha value is -3.39. The van der Waals surface area contributed by atoms with Gasteiger partial charge >= 0.3 is 0 Å². The van der Waals surface area contributed by atoms with E-state index in [1.807, 2.05) is 62.4 Å². The van der Waals surface area contributed by atoms with Gasteiger partial charge in [-0.15, -0.1) is 0 Å². The maximum absolute atomic E-state index is 12.8. The summed E-state index contributed by atoms with van der Waals surface area (Å²) in [4.78, 5) is 19.6. The molecule has 0 radical (unpaired) electrons. The molecule has 1 aliphatic rings. The molecule has 0 aliphatic carbocycles. The van der Waals surface area contributed by atoms with Crippen LogP contribution in [0.15, 0.2) is 53.1 Å². The molecule has 8 nitrogen and oxygen atoms in total. The van der Waals surface area contributed by atoms with Gasteiger partial charge in [-0.2, -0.15) is 4.98 Å². The first-order valence-electron chi connectivity index (χ1n) is 11.7. The Morgan fingerprint density at radius 2 is 2.03 bits per heavy atom. The zero-order valence-electron chi connectivity index (χ0n) is 20.0. The number of nitrogens with one attached hydrogen (secondary N) is 1. The van der Waals surface area contributed by atoms with Gasteiger partial charge in [-0.1, -0.05) is 17.3 Å². The molecule has 1 aliphatic heterocycles. The molecule has 0 bridgehead atoms. The van der Waals surface area contributed by atoms with Crippen LogP contribution in [0.4, 0.5) is 0 Å². The average molecular weight is 465 g/mol. The van der Waals surface area contributed by atoms with Crippen LogP contribution in [0.3, 0.4) is 0 Å². The number of nitrogens with zero attached hydrogens (tertiary/aromatic N) is 3. The topological polar surface area (TPSA) is 89.7 Å². The molecule has 34 heavy (non-hydrogen) atoms. The number of methoxy groups -OCH3 is 1. The van der Waals surface area contributed by atoms with Crippen molar-refractivity contribution in [3.8, 4) is 22.9 Å². The molecule has 1 atom stereocenters. The van der Waals surface area contributed by atoms with Crippen molar-refractivity contribution < 1.29 is 18.8 Å². The molecule has 8 heteroatoms. The van der Waals surface area contributed by atoms with Gasteiger partial charge < -0.3 is 19.3 Å². The van der Waals surface area contributed by atoms with Crippen LogP contribution in [-0.2, 0) is 17.9 Å². The van der Waals surface area contributed by atoms with Crippen molar-refractivity contribution in [3.05, 3.63) is 60.0 Å². The lowest BCUT2D eigenvalue weighted by molar-refractivity contribution is -0.127. The summed E-state index contributed by atoms with van der Waals surface area (Å²) < 4.78 is 16.4. The van der Waals surface area contributed by atoms with Crippen LogP contribution < -0.4 is 14.8 Å². The molecule has 2 aromatic carbocycles. The highest BCUT2D eigenvalue weighted by molar-refractivity contribution is 5.79. The molecule has 4 rings (SSSR count). The maximum atomic E-state index is 12.8. The lowest BCUT2D eigenvalue weighted by atomic mass is 9.97. The van der Waals surface area contributed by atoms with Crippen LogP contribution in [-0.4, -0.2) is 47.3 Å². The predicted molar refractivity (Wildman–Crippen MR) is 128 cm³/mol. The Kier molecular flexibility index (Phi) is 7.80. The Bertz CT molecular complexity index is 1080. The summed E-state index contributed by atoms with van der Waals surface area (Å²) in [5, 5.41) is 7.19. The van der Waals surface area contributed by atoms with E-state index in [4.69, 9.17) is 14.0 Å². The van der Waals surface area contributed by atoms with Gasteiger partial charge in [-0.25, -0.2) is 0 Å². The third kappa shape index (κ3) is 6.35. The monoisotopic (exact) mass is 464 g/mol. The Labute approximate surface area is 200 Å². The van der Waals surface area contributed by atoms with Gasteiger partial charge in [0, 0.05) is 18.7 Å². The number of piperidine rings is 1. The molecule has 1 unspecified atom stereocenters. The van der Waals surface area contributed by atoms with Crippen LogP contribution in [0.1, 0.15) is 38.1 Å². The van der Waals surface area contributed by atoms with Crippen molar-refractivity contribution in [2.24, 2.45) is 5.92 Å². The molecule has 0 saturated carbocycles. The number of hydrogen-bond acceptors (Lipinski definition) is 7. The normalized spacial score (nSPS) is 16.4. The van der Waals surface area contributed by atoms with E-state index in [1.165, 1.54) is 0 Å². The highest BCUT2D eigenvalue weighted by Crippen LogP contribution is 2.22. The standard InChI is InChI=1S/C26H32N4O4/c1-18(2)33-23-8-4-6-19(14-23)15-27-26(31)21-7-5-13-30(16-21)17-24-28-25(29-34-24)20-9-11-22(32-3)12-10-20/h4,6,8-12,14,18,21H,5,7,13,15-17H2,1-3H3,(H,27,31). The van der Waals surface area contributed by atoms with Crippen LogP contribution in [0.5, 0.6) is 11.5 Å². The zero-order chi connectivity index (χ0) is 23.9. The van der Waals surface area contributed by atoms with Crippen LogP contribution in [0.25, 0.3) is 11.4 Å². The van der Waals surface area contributed by atoms with Gasteiger partial charge in [-0.05, 0) is 75.2 Å². The fourth-order valence-corrected chi connectivity index (χ4v) is 4.12. The molecule has 1 fully saturated rings. The second-order valence-corrected chi connectivity index (χ2v) is 8.85. The number of hydrogen-bond donors (Lipinski definition) is 1. The van der Waals surface area contributed by atoms with E-state index in [1.54, 1.807) is 7.11 Å². The average Bonchev–Trinajstić information content (AvgIpc) is 3.31. The quantitative estimate of drug-likeness (QED) is 0.511. The molecule has 1 N–H and O–H groups in total. The fourth-order valence-electron chi connectivity index (χ4n) is 4.12. The number of carbonyl (C=O) groups is 1. The van der Waals surface area contributed by atoms with Gasteiger partial charge in [-0.3, -0.25) is 9.69 Å². The summed E-state index contributed by atoms with van der Waals surface area (Å²) in [5.74, 6) is 2.71. The van der Waals surface area contributed by atoms with Crippen molar-refractivity contribution >= 4 is 5.91 Å². The van der Waals surface area contributed by atoms with E-state index in [0.29, 0.717) is 31.3 Å². The number of benzene rings is 2. The first-order chi connectivity index (χ1) is 16.5. The third-order valence-electron chi connectivity index (χ3n) is 5.79. The first kappa shape index (κ1) is 23.8. The van der Waals surface area contributed by atoms with E-state index in [0.717, 1.165) is 42.0 Å². The number of rotatable bonds is 9. The lowest BCUT2D eigenvalue weighted by Gasteiger charge is -2.30. The molecule has 3 aromatic rings.